The van der Waals surface area contributed by atoms with Gasteiger partial charge in [0.15, 0.2) is 0 Å². The molecule has 0 bridgehead atoms. The second-order valence-corrected chi connectivity index (χ2v) is 3.19. The Balaban J connectivity index is 1.90. The molecule has 4 heteroatoms. The van der Waals surface area contributed by atoms with Crippen molar-refractivity contribution >= 4 is 0 Å². The Labute approximate surface area is 71.3 Å². The molecule has 0 radical (unpaired) electrons. The Kier molecular flexibility index (Phi) is 3.88. The van der Waals surface area contributed by atoms with Gasteiger partial charge in [-0.25, -0.2) is 8.78 Å². The van der Waals surface area contributed by atoms with Crippen LogP contribution in [0, 0.1) is 11.8 Å². The van der Waals surface area contributed by atoms with Gasteiger partial charge in [0, 0.05) is 19.6 Å². The predicted molar refractivity (Wildman–Crippen MR) is 42.3 cm³/mol. The molecule has 1 aliphatic carbocycles. The van der Waals surface area contributed by atoms with E-state index in [9.17, 15) is 8.78 Å². The molecule has 0 aliphatic heterocycles. The van der Waals surface area contributed by atoms with E-state index in [0.717, 1.165) is 6.54 Å². The van der Waals surface area contributed by atoms with Crippen molar-refractivity contribution in [3.63, 3.8) is 0 Å². The second-order valence-electron chi connectivity index (χ2n) is 3.19. The maximum Gasteiger partial charge on any atom is 0.241 e. The van der Waals surface area contributed by atoms with Crippen LogP contribution in [0.15, 0.2) is 0 Å². The van der Waals surface area contributed by atoms with Crippen molar-refractivity contribution in [3.8, 4) is 0 Å². The topological polar surface area (TPSA) is 21.3 Å². The van der Waals surface area contributed by atoms with Crippen LogP contribution >= 0.6 is 0 Å². The summed E-state index contributed by atoms with van der Waals surface area (Å²) in [5.74, 6) is -0.151. The number of nitrogens with one attached hydrogen (secondary N) is 1. The molecule has 12 heavy (non-hydrogen) atoms. The third kappa shape index (κ3) is 3.03. The molecule has 1 aliphatic rings. The van der Waals surface area contributed by atoms with Crippen molar-refractivity contribution in [1.29, 1.82) is 0 Å². The molecule has 0 saturated heterocycles. The predicted octanol–water partition coefficient (Wildman–Crippen LogP) is 1.12. The quantitative estimate of drug-likeness (QED) is 0.617. The van der Waals surface area contributed by atoms with Gasteiger partial charge in [0.25, 0.3) is 0 Å². The van der Waals surface area contributed by atoms with Crippen LogP contribution in [0.3, 0.4) is 0 Å². The lowest BCUT2D eigenvalue weighted by Crippen LogP contribution is -2.22. The van der Waals surface area contributed by atoms with Gasteiger partial charge in [0.05, 0.1) is 6.61 Å². The van der Waals surface area contributed by atoms with E-state index in [1.165, 1.54) is 0 Å². The van der Waals surface area contributed by atoms with E-state index in [1.54, 1.807) is 7.11 Å². The SMILES string of the molecule is COCCNCC1CC1C(F)F. The summed E-state index contributed by atoms with van der Waals surface area (Å²) in [6.45, 7) is 2.10. The van der Waals surface area contributed by atoms with E-state index in [-0.39, 0.29) is 11.8 Å². The fourth-order valence-electron chi connectivity index (χ4n) is 1.28. The summed E-state index contributed by atoms with van der Waals surface area (Å²) in [6.07, 6.45) is -1.45. The number of methoxy groups -OCH3 is 1. The minimum absolute atomic E-state index is 0.196. The first-order valence-electron chi connectivity index (χ1n) is 4.23. The van der Waals surface area contributed by atoms with Crippen molar-refractivity contribution in [3.05, 3.63) is 0 Å². The van der Waals surface area contributed by atoms with E-state index in [1.807, 2.05) is 0 Å². The van der Waals surface area contributed by atoms with Gasteiger partial charge < -0.3 is 10.1 Å². The second kappa shape index (κ2) is 4.72. The normalized spacial score (nSPS) is 28.0. The Bertz CT molecular complexity index is 132. The first-order chi connectivity index (χ1) is 5.75. The molecule has 0 spiro atoms. The summed E-state index contributed by atoms with van der Waals surface area (Å²) in [5.41, 5.74) is 0. The molecule has 0 aromatic carbocycles. The Hall–Kier alpha value is -0.220. The minimum atomic E-state index is -2.13. The number of ether oxygens (including phenoxy) is 1. The van der Waals surface area contributed by atoms with Crippen LogP contribution in [0.5, 0.6) is 0 Å². The summed E-state index contributed by atoms with van der Waals surface area (Å²) in [4.78, 5) is 0. The first-order valence-corrected chi connectivity index (χ1v) is 4.23. The summed E-state index contributed by atoms with van der Waals surface area (Å²) < 4.78 is 28.8. The Morgan fingerprint density at radius 1 is 1.58 bits per heavy atom. The zero-order valence-electron chi connectivity index (χ0n) is 7.22. The third-order valence-corrected chi connectivity index (χ3v) is 2.19. The lowest BCUT2D eigenvalue weighted by molar-refractivity contribution is 0.115. The molecule has 0 amide bonds. The summed E-state index contributed by atoms with van der Waals surface area (Å²) >= 11 is 0. The van der Waals surface area contributed by atoms with E-state index in [0.29, 0.717) is 19.6 Å². The van der Waals surface area contributed by atoms with Crippen molar-refractivity contribution in [2.45, 2.75) is 12.8 Å². The average Bonchev–Trinajstić information content (AvgIpc) is 2.77. The fourth-order valence-corrected chi connectivity index (χ4v) is 1.28. The van der Waals surface area contributed by atoms with Crippen LogP contribution in [0.1, 0.15) is 6.42 Å². The molecule has 0 heterocycles. The van der Waals surface area contributed by atoms with Crippen molar-refractivity contribution in [2.24, 2.45) is 11.8 Å². The first kappa shape index (κ1) is 9.86. The fraction of sp³-hybridized carbons (Fsp3) is 1.00. The minimum Gasteiger partial charge on any atom is -0.383 e. The lowest BCUT2D eigenvalue weighted by Gasteiger charge is -2.02. The molecule has 1 fully saturated rings. The van der Waals surface area contributed by atoms with Crippen LogP contribution in [-0.4, -0.2) is 33.2 Å². The molecule has 2 atom stereocenters. The van der Waals surface area contributed by atoms with Crippen molar-refractivity contribution in [2.75, 3.05) is 26.8 Å². The van der Waals surface area contributed by atoms with E-state index in [2.05, 4.69) is 5.32 Å². The zero-order valence-corrected chi connectivity index (χ0v) is 7.22. The van der Waals surface area contributed by atoms with Gasteiger partial charge in [0.2, 0.25) is 6.43 Å². The number of hydrogen-bond donors (Lipinski definition) is 1. The largest absolute Gasteiger partial charge is 0.383 e. The number of alkyl halides is 2. The summed E-state index contributed by atoms with van der Waals surface area (Å²) in [7, 11) is 1.63. The smallest absolute Gasteiger partial charge is 0.241 e. The summed E-state index contributed by atoms with van der Waals surface area (Å²) in [5, 5.41) is 3.07. The molecule has 1 N–H and O–H groups in total. The van der Waals surface area contributed by atoms with Crippen LogP contribution in [0.25, 0.3) is 0 Å². The molecular weight excluding hydrogens is 164 g/mol. The van der Waals surface area contributed by atoms with E-state index >= 15 is 0 Å². The third-order valence-electron chi connectivity index (χ3n) is 2.19. The number of hydrogen-bond acceptors (Lipinski definition) is 2. The van der Waals surface area contributed by atoms with Crippen LogP contribution in [0.2, 0.25) is 0 Å². The van der Waals surface area contributed by atoms with Crippen LogP contribution in [0.4, 0.5) is 8.78 Å². The van der Waals surface area contributed by atoms with Gasteiger partial charge in [0.1, 0.15) is 0 Å². The highest BCUT2D eigenvalue weighted by Crippen LogP contribution is 2.42. The van der Waals surface area contributed by atoms with E-state index in [4.69, 9.17) is 4.74 Å². The molecule has 0 aromatic heterocycles. The monoisotopic (exact) mass is 179 g/mol. The van der Waals surface area contributed by atoms with Gasteiger partial charge in [-0.3, -0.25) is 0 Å². The van der Waals surface area contributed by atoms with Crippen LogP contribution < -0.4 is 5.32 Å². The lowest BCUT2D eigenvalue weighted by atomic mass is 10.3. The molecule has 2 unspecified atom stereocenters. The highest BCUT2D eigenvalue weighted by Gasteiger charge is 2.43. The van der Waals surface area contributed by atoms with Gasteiger partial charge in [-0.15, -0.1) is 0 Å². The van der Waals surface area contributed by atoms with Crippen LogP contribution in [-0.2, 0) is 4.74 Å². The maximum absolute atomic E-state index is 12.0. The van der Waals surface area contributed by atoms with E-state index < -0.39 is 6.43 Å². The van der Waals surface area contributed by atoms with Crippen molar-refractivity contribution < 1.29 is 13.5 Å². The maximum atomic E-state index is 12.0. The Morgan fingerprint density at radius 2 is 2.33 bits per heavy atom. The molecule has 1 saturated carbocycles. The average molecular weight is 179 g/mol. The summed E-state index contributed by atoms with van der Waals surface area (Å²) in [6, 6.07) is 0. The number of halogens is 2. The molecule has 1 rings (SSSR count). The zero-order chi connectivity index (χ0) is 8.97. The standard InChI is InChI=1S/C8H15F2NO/c1-12-3-2-11-5-6-4-7(6)8(9)10/h6-8,11H,2-5H2,1H3. The molecule has 72 valence electrons. The molecular formula is C8H15F2NO. The Morgan fingerprint density at radius 3 is 2.83 bits per heavy atom. The van der Waals surface area contributed by atoms with Gasteiger partial charge in [-0.1, -0.05) is 0 Å². The number of rotatable bonds is 6. The van der Waals surface area contributed by atoms with Gasteiger partial charge >= 0.3 is 0 Å². The highest BCUT2D eigenvalue weighted by atomic mass is 19.3. The molecule has 0 aromatic rings. The van der Waals surface area contributed by atoms with Crippen molar-refractivity contribution in [1.82, 2.24) is 5.32 Å². The van der Waals surface area contributed by atoms with Gasteiger partial charge in [-0.05, 0) is 18.9 Å². The van der Waals surface area contributed by atoms with Gasteiger partial charge in [-0.2, -0.15) is 0 Å². The molecule has 2 nitrogen and oxygen atoms in total. The highest BCUT2D eigenvalue weighted by molar-refractivity contribution is 4.89.